The molecule has 1 fully saturated rings. The van der Waals surface area contributed by atoms with Crippen LogP contribution < -0.4 is 5.32 Å². The number of carbonyl (C=O) groups is 2. The summed E-state index contributed by atoms with van der Waals surface area (Å²) in [6.45, 7) is 0. The molecule has 2 rings (SSSR count). The van der Waals surface area contributed by atoms with Gasteiger partial charge in [0.2, 0.25) is 5.91 Å². The monoisotopic (exact) mass is 223 g/mol. The van der Waals surface area contributed by atoms with E-state index in [4.69, 9.17) is 5.11 Å². The van der Waals surface area contributed by atoms with E-state index in [0.29, 0.717) is 0 Å². The first kappa shape index (κ1) is 10.6. The molecular weight excluding hydrogens is 213 g/mol. The molecule has 0 unspecified atom stereocenters. The number of carboxylic acids is 1. The van der Waals surface area contributed by atoms with Gasteiger partial charge in [0.25, 0.3) is 0 Å². The van der Waals surface area contributed by atoms with Crippen LogP contribution in [0.5, 0.6) is 0 Å². The maximum atomic E-state index is 13.5. The molecule has 1 aromatic rings. The fourth-order valence-electron chi connectivity index (χ4n) is 1.90. The highest BCUT2D eigenvalue weighted by Crippen LogP contribution is 2.31. The number of carboxylic acid groups (broad SMARTS) is 1. The van der Waals surface area contributed by atoms with E-state index in [1.807, 2.05) is 0 Å². The molecule has 2 N–H and O–H groups in total. The van der Waals surface area contributed by atoms with Crippen LogP contribution in [0.15, 0.2) is 24.3 Å². The Bertz CT molecular complexity index is 447. The summed E-state index contributed by atoms with van der Waals surface area (Å²) in [4.78, 5) is 22.1. The lowest BCUT2D eigenvalue weighted by molar-refractivity contribution is -0.142. The number of benzene rings is 1. The molecule has 16 heavy (non-hydrogen) atoms. The van der Waals surface area contributed by atoms with Crippen molar-refractivity contribution < 1.29 is 19.1 Å². The van der Waals surface area contributed by atoms with Gasteiger partial charge in [-0.25, -0.2) is 4.39 Å². The number of hydrogen-bond acceptors (Lipinski definition) is 2. The Balaban J connectivity index is 2.36. The molecule has 5 heteroatoms. The Kier molecular flexibility index (Phi) is 2.60. The molecular formula is C11H10FNO3. The molecule has 1 aromatic carbocycles. The number of hydrogen-bond donors (Lipinski definition) is 2. The summed E-state index contributed by atoms with van der Waals surface area (Å²) < 4.78 is 13.5. The van der Waals surface area contributed by atoms with Crippen LogP contribution in [-0.2, 0) is 9.59 Å². The van der Waals surface area contributed by atoms with E-state index in [1.165, 1.54) is 18.2 Å². The maximum absolute atomic E-state index is 13.5. The van der Waals surface area contributed by atoms with Crippen LogP contribution in [0.2, 0.25) is 0 Å². The minimum atomic E-state index is -1.09. The molecule has 0 aromatic heterocycles. The van der Waals surface area contributed by atoms with Gasteiger partial charge in [-0.15, -0.1) is 0 Å². The summed E-state index contributed by atoms with van der Waals surface area (Å²) in [6, 6.07) is 5.10. The summed E-state index contributed by atoms with van der Waals surface area (Å²) in [6.07, 6.45) is -0.103. The second-order valence-corrected chi connectivity index (χ2v) is 3.72. The van der Waals surface area contributed by atoms with Crippen molar-refractivity contribution in [1.29, 1.82) is 0 Å². The lowest BCUT2D eigenvalue weighted by Crippen LogP contribution is -2.25. The molecule has 0 bridgehead atoms. The topological polar surface area (TPSA) is 66.4 Å². The molecule has 1 aliphatic heterocycles. The summed E-state index contributed by atoms with van der Waals surface area (Å²) >= 11 is 0. The smallest absolute Gasteiger partial charge is 0.309 e. The van der Waals surface area contributed by atoms with Gasteiger partial charge in [-0.05, 0) is 6.07 Å². The fourth-order valence-corrected chi connectivity index (χ4v) is 1.90. The van der Waals surface area contributed by atoms with Crippen LogP contribution in [0.1, 0.15) is 18.0 Å². The molecule has 1 saturated heterocycles. The molecule has 0 spiro atoms. The predicted octanol–water partition coefficient (Wildman–Crippen LogP) is 1.09. The van der Waals surface area contributed by atoms with Crippen LogP contribution >= 0.6 is 0 Å². The summed E-state index contributed by atoms with van der Waals surface area (Å²) in [5, 5.41) is 11.4. The predicted molar refractivity (Wildman–Crippen MR) is 53.0 cm³/mol. The van der Waals surface area contributed by atoms with Gasteiger partial charge in [0.1, 0.15) is 5.82 Å². The van der Waals surface area contributed by atoms with E-state index in [0.717, 1.165) is 0 Å². The van der Waals surface area contributed by atoms with E-state index in [9.17, 15) is 14.0 Å². The SMILES string of the molecule is O=C1C[C@H](C(=O)O)[C@@H](c2ccccc2F)N1. The minimum Gasteiger partial charge on any atom is -0.481 e. The number of halogens is 1. The molecule has 0 saturated carbocycles. The van der Waals surface area contributed by atoms with Crippen molar-refractivity contribution in [2.24, 2.45) is 5.92 Å². The largest absolute Gasteiger partial charge is 0.481 e. The highest BCUT2D eigenvalue weighted by molar-refractivity contribution is 5.87. The van der Waals surface area contributed by atoms with E-state index in [1.54, 1.807) is 6.07 Å². The summed E-state index contributed by atoms with van der Waals surface area (Å²) in [5.74, 6) is -2.85. The van der Waals surface area contributed by atoms with Crippen molar-refractivity contribution in [1.82, 2.24) is 5.32 Å². The van der Waals surface area contributed by atoms with Gasteiger partial charge in [-0.2, -0.15) is 0 Å². The highest BCUT2D eigenvalue weighted by Gasteiger charge is 2.39. The van der Waals surface area contributed by atoms with Crippen molar-refractivity contribution in [2.75, 3.05) is 0 Å². The Labute approximate surface area is 91.1 Å². The zero-order chi connectivity index (χ0) is 11.7. The van der Waals surface area contributed by atoms with Gasteiger partial charge in [-0.3, -0.25) is 9.59 Å². The van der Waals surface area contributed by atoms with Gasteiger partial charge in [0.05, 0.1) is 12.0 Å². The van der Waals surface area contributed by atoms with Crippen LogP contribution in [0.25, 0.3) is 0 Å². The number of rotatable bonds is 2. The molecule has 1 aliphatic rings. The molecule has 1 amide bonds. The third kappa shape index (κ3) is 1.76. The average Bonchev–Trinajstić information content (AvgIpc) is 2.61. The molecule has 0 radical (unpaired) electrons. The summed E-state index contributed by atoms with van der Waals surface area (Å²) in [7, 11) is 0. The van der Waals surface area contributed by atoms with E-state index < -0.39 is 23.7 Å². The molecule has 4 nitrogen and oxygen atoms in total. The maximum Gasteiger partial charge on any atom is 0.309 e. The van der Waals surface area contributed by atoms with Gasteiger partial charge >= 0.3 is 5.97 Å². The Morgan fingerprint density at radius 2 is 2.12 bits per heavy atom. The van der Waals surface area contributed by atoms with Crippen LogP contribution in [0, 0.1) is 11.7 Å². The fraction of sp³-hybridized carbons (Fsp3) is 0.273. The molecule has 0 aliphatic carbocycles. The van der Waals surface area contributed by atoms with Crippen molar-refractivity contribution in [2.45, 2.75) is 12.5 Å². The molecule has 84 valence electrons. The van der Waals surface area contributed by atoms with Crippen molar-refractivity contribution in [3.05, 3.63) is 35.6 Å². The van der Waals surface area contributed by atoms with Crippen LogP contribution in [0.3, 0.4) is 0 Å². The lowest BCUT2D eigenvalue weighted by atomic mass is 9.94. The Morgan fingerprint density at radius 1 is 1.44 bits per heavy atom. The number of amides is 1. The van der Waals surface area contributed by atoms with E-state index >= 15 is 0 Å². The normalized spacial score (nSPS) is 24.2. The zero-order valence-corrected chi connectivity index (χ0v) is 8.31. The first-order chi connectivity index (χ1) is 7.59. The second-order valence-electron chi connectivity index (χ2n) is 3.72. The van der Waals surface area contributed by atoms with E-state index in [-0.39, 0.29) is 17.9 Å². The Morgan fingerprint density at radius 3 is 2.75 bits per heavy atom. The van der Waals surface area contributed by atoms with Crippen LogP contribution in [-0.4, -0.2) is 17.0 Å². The number of aliphatic carboxylic acids is 1. The quantitative estimate of drug-likeness (QED) is 0.788. The third-order valence-electron chi connectivity index (χ3n) is 2.68. The van der Waals surface area contributed by atoms with Gasteiger partial charge in [0.15, 0.2) is 0 Å². The summed E-state index contributed by atoms with van der Waals surface area (Å²) in [5.41, 5.74) is 0.223. The standard InChI is InChI=1S/C11H10FNO3/c12-8-4-2-1-3-6(8)10-7(11(15)16)5-9(14)13-10/h1-4,7,10H,5H2,(H,13,14)(H,15,16)/t7-,10+/m0/s1. The molecule has 1 heterocycles. The second kappa shape index (κ2) is 3.92. The van der Waals surface area contributed by atoms with Crippen molar-refractivity contribution in [3.63, 3.8) is 0 Å². The first-order valence-electron chi connectivity index (χ1n) is 4.86. The van der Waals surface area contributed by atoms with Gasteiger partial charge in [-0.1, -0.05) is 18.2 Å². The lowest BCUT2D eigenvalue weighted by Gasteiger charge is -2.16. The Hall–Kier alpha value is -1.91. The first-order valence-corrected chi connectivity index (χ1v) is 4.86. The highest BCUT2D eigenvalue weighted by atomic mass is 19.1. The van der Waals surface area contributed by atoms with E-state index in [2.05, 4.69) is 5.32 Å². The molecule has 2 atom stereocenters. The average molecular weight is 223 g/mol. The van der Waals surface area contributed by atoms with Crippen molar-refractivity contribution >= 4 is 11.9 Å². The number of nitrogens with one attached hydrogen (secondary N) is 1. The number of carbonyl (C=O) groups excluding carboxylic acids is 1. The van der Waals surface area contributed by atoms with Gasteiger partial charge in [0, 0.05) is 12.0 Å². The van der Waals surface area contributed by atoms with Crippen LogP contribution in [0.4, 0.5) is 4.39 Å². The van der Waals surface area contributed by atoms with Crippen molar-refractivity contribution in [3.8, 4) is 0 Å². The minimum absolute atomic E-state index is 0.103. The third-order valence-corrected chi connectivity index (χ3v) is 2.68. The zero-order valence-electron chi connectivity index (χ0n) is 8.31. The van der Waals surface area contributed by atoms with Gasteiger partial charge < -0.3 is 10.4 Å².